The molecule has 21 heavy (non-hydrogen) atoms. The quantitative estimate of drug-likeness (QED) is 0.381. The second-order valence-corrected chi connectivity index (χ2v) is 5.99. The summed E-state index contributed by atoms with van der Waals surface area (Å²) >= 11 is 1.75. The van der Waals surface area contributed by atoms with Crippen molar-refractivity contribution < 1.29 is 4.74 Å². The molecule has 4 nitrogen and oxygen atoms in total. The van der Waals surface area contributed by atoms with Crippen molar-refractivity contribution in [3.63, 3.8) is 0 Å². The Kier molecular flexibility index (Phi) is 12.0. The fourth-order valence-corrected chi connectivity index (χ4v) is 2.61. The van der Waals surface area contributed by atoms with Crippen LogP contribution in [0, 0.1) is 5.92 Å². The van der Waals surface area contributed by atoms with E-state index < -0.39 is 0 Å². The van der Waals surface area contributed by atoms with Gasteiger partial charge in [-0.1, -0.05) is 19.9 Å². The van der Waals surface area contributed by atoms with Gasteiger partial charge < -0.3 is 15.4 Å². The van der Waals surface area contributed by atoms with Crippen LogP contribution in [-0.2, 0) is 11.3 Å². The Hall–Kier alpha value is -0.340. The van der Waals surface area contributed by atoms with Gasteiger partial charge in [-0.15, -0.1) is 35.3 Å². The summed E-state index contributed by atoms with van der Waals surface area (Å²) in [5, 5.41) is 8.74. The van der Waals surface area contributed by atoms with Crippen LogP contribution in [-0.4, -0.2) is 32.3 Å². The van der Waals surface area contributed by atoms with Gasteiger partial charge in [0.25, 0.3) is 0 Å². The molecule has 6 heteroatoms. The van der Waals surface area contributed by atoms with E-state index in [0.29, 0.717) is 12.0 Å². The van der Waals surface area contributed by atoms with Crippen LogP contribution in [0.5, 0.6) is 0 Å². The lowest BCUT2D eigenvalue weighted by Gasteiger charge is -2.21. The fourth-order valence-electron chi connectivity index (χ4n) is 1.96. The number of nitrogens with one attached hydrogen (secondary N) is 2. The first-order valence-electron chi connectivity index (χ1n) is 7.25. The molecule has 0 aromatic carbocycles. The SMILES string of the molecule is CCOC(CCNC(=NC)NCc1cccs1)C(C)C.I. The Morgan fingerprint density at radius 2 is 2.14 bits per heavy atom. The minimum absolute atomic E-state index is 0. The molecule has 0 saturated heterocycles. The minimum atomic E-state index is 0. The average molecular weight is 425 g/mol. The molecule has 0 saturated carbocycles. The summed E-state index contributed by atoms with van der Waals surface area (Å²) in [5.74, 6) is 1.38. The fraction of sp³-hybridized carbons (Fsp3) is 0.667. The van der Waals surface area contributed by atoms with Crippen LogP contribution in [0.25, 0.3) is 0 Å². The number of rotatable bonds is 8. The van der Waals surface area contributed by atoms with Crippen molar-refractivity contribution in [3.8, 4) is 0 Å². The summed E-state index contributed by atoms with van der Waals surface area (Å²) in [6.07, 6.45) is 1.30. The summed E-state index contributed by atoms with van der Waals surface area (Å²) in [4.78, 5) is 5.54. The first-order valence-corrected chi connectivity index (χ1v) is 8.13. The highest BCUT2D eigenvalue weighted by molar-refractivity contribution is 14.0. The standard InChI is InChI=1S/C15H27N3OS.HI/c1-5-19-14(12(2)3)8-9-17-15(16-4)18-11-13-7-6-10-20-13;/h6-7,10,12,14H,5,8-9,11H2,1-4H3,(H2,16,17,18);1H. The third-order valence-electron chi connectivity index (χ3n) is 3.08. The number of hydrogen-bond donors (Lipinski definition) is 2. The lowest BCUT2D eigenvalue weighted by atomic mass is 10.0. The molecule has 0 fully saturated rings. The van der Waals surface area contributed by atoms with Crippen LogP contribution in [0.2, 0.25) is 0 Å². The third kappa shape index (κ3) is 8.63. The van der Waals surface area contributed by atoms with Gasteiger partial charge in [0.05, 0.1) is 12.6 Å². The van der Waals surface area contributed by atoms with Crippen molar-refractivity contribution in [2.45, 2.75) is 39.8 Å². The van der Waals surface area contributed by atoms with E-state index in [1.54, 1.807) is 18.4 Å². The highest BCUT2D eigenvalue weighted by Gasteiger charge is 2.12. The van der Waals surface area contributed by atoms with Gasteiger partial charge in [-0.3, -0.25) is 4.99 Å². The molecule has 0 spiro atoms. The number of halogens is 1. The second-order valence-electron chi connectivity index (χ2n) is 4.96. The van der Waals surface area contributed by atoms with Gasteiger partial charge in [0.2, 0.25) is 0 Å². The first kappa shape index (κ1) is 20.7. The molecule has 1 atom stereocenters. The van der Waals surface area contributed by atoms with E-state index in [1.807, 2.05) is 6.92 Å². The van der Waals surface area contributed by atoms with Gasteiger partial charge in [0.1, 0.15) is 0 Å². The van der Waals surface area contributed by atoms with Crippen molar-refractivity contribution in [2.24, 2.45) is 10.9 Å². The maximum Gasteiger partial charge on any atom is 0.191 e. The lowest BCUT2D eigenvalue weighted by molar-refractivity contribution is 0.0258. The van der Waals surface area contributed by atoms with Crippen LogP contribution in [0.4, 0.5) is 0 Å². The molecule has 1 aromatic rings. The highest BCUT2D eigenvalue weighted by Crippen LogP contribution is 2.10. The predicted octanol–water partition coefficient (Wildman–Crippen LogP) is 3.48. The molecule has 2 N–H and O–H groups in total. The highest BCUT2D eigenvalue weighted by atomic mass is 127. The topological polar surface area (TPSA) is 45.6 Å². The van der Waals surface area contributed by atoms with Crippen LogP contribution in [0.1, 0.15) is 32.1 Å². The molecule has 122 valence electrons. The molecule has 0 aliphatic rings. The summed E-state index contributed by atoms with van der Waals surface area (Å²) in [6, 6.07) is 4.18. The molecule has 1 unspecified atom stereocenters. The third-order valence-corrected chi connectivity index (χ3v) is 3.96. The van der Waals surface area contributed by atoms with Crippen LogP contribution >= 0.6 is 35.3 Å². The number of aliphatic imine (C=N–C) groups is 1. The van der Waals surface area contributed by atoms with Gasteiger partial charge in [-0.05, 0) is 30.7 Å². The number of ether oxygens (including phenoxy) is 1. The van der Waals surface area contributed by atoms with E-state index in [-0.39, 0.29) is 24.0 Å². The second kappa shape index (κ2) is 12.2. The molecule has 0 aliphatic heterocycles. The van der Waals surface area contributed by atoms with Gasteiger partial charge in [-0.25, -0.2) is 0 Å². The van der Waals surface area contributed by atoms with E-state index in [0.717, 1.165) is 32.1 Å². The Bertz CT molecular complexity index is 382. The number of hydrogen-bond acceptors (Lipinski definition) is 3. The summed E-state index contributed by atoms with van der Waals surface area (Å²) in [7, 11) is 1.80. The normalized spacial score (nSPS) is 12.9. The Morgan fingerprint density at radius 1 is 1.38 bits per heavy atom. The van der Waals surface area contributed by atoms with Crippen molar-refractivity contribution >= 4 is 41.3 Å². The van der Waals surface area contributed by atoms with E-state index in [2.05, 4.69) is 47.0 Å². The van der Waals surface area contributed by atoms with Crippen molar-refractivity contribution in [1.29, 1.82) is 0 Å². The smallest absolute Gasteiger partial charge is 0.191 e. The van der Waals surface area contributed by atoms with E-state index in [1.165, 1.54) is 4.88 Å². The maximum atomic E-state index is 5.74. The summed E-state index contributed by atoms with van der Waals surface area (Å²) in [5.41, 5.74) is 0. The molecule has 0 aliphatic carbocycles. The van der Waals surface area contributed by atoms with E-state index in [4.69, 9.17) is 4.74 Å². The largest absolute Gasteiger partial charge is 0.378 e. The van der Waals surface area contributed by atoms with E-state index >= 15 is 0 Å². The molecule has 0 bridgehead atoms. The van der Waals surface area contributed by atoms with Crippen LogP contribution in [0.3, 0.4) is 0 Å². The van der Waals surface area contributed by atoms with Gasteiger partial charge >= 0.3 is 0 Å². The summed E-state index contributed by atoms with van der Waals surface area (Å²) < 4.78 is 5.74. The lowest BCUT2D eigenvalue weighted by Crippen LogP contribution is -2.38. The number of thiophene rings is 1. The Labute approximate surface area is 149 Å². The minimum Gasteiger partial charge on any atom is -0.378 e. The molecule has 1 aromatic heterocycles. The zero-order valence-corrected chi connectivity index (χ0v) is 16.5. The first-order chi connectivity index (χ1) is 9.67. The molecular weight excluding hydrogens is 397 g/mol. The van der Waals surface area contributed by atoms with Crippen molar-refractivity contribution in [3.05, 3.63) is 22.4 Å². The van der Waals surface area contributed by atoms with Gasteiger partial charge in [0, 0.05) is 25.1 Å². The molecule has 0 amide bonds. The van der Waals surface area contributed by atoms with Crippen molar-refractivity contribution in [1.82, 2.24) is 10.6 Å². The van der Waals surface area contributed by atoms with Crippen LogP contribution < -0.4 is 10.6 Å². The molecule has 1 heterocycles. The predicted molar refractivity (Wildman–Crippen MR) is 103 cm³/mol. The summed E-state index contributed by atoms with van der Waals surface area (Å²) in [6.45, 7) is 8.90. The zero-order chi connectivity index (χ0) is 14.8. The Morgan fingerprint density at radius 3 is 2.67 bits per heavy atom. The number of guanidine groups is 1. The van der Waals surface area contributed by atoms with Gasteiger partial charge in [-0.2, -0.15) is 0 Å². The molecule has 0 radical (unpaired) electrons. The Balaban J connectivity index is 0.00000400. The van der Waals surface area contributed by atoms with Crippen molar-refractivity contribution in [2.75, 3.05) is 20.2 Å². The number of nitrogens with zero attached hydrogens (tertiary/aromatic N) is 1. The maximum absolute atomic E-state index is 5.74. The monoisotopic (exact) mass is 425 g/mol. The average Bonchev–Trinajstić information content (AvgIpc) is 2.94. The van der Waals surface area contributed by atoms with E-state index in [9.17, 15) is 0 Å². The van der Waals surface area contributed by atoms with Gasteiger partial charge in [0.15, 0.2) is 5.96 Å². The molecule has 1 rings (SSSR count). The van der Waals surface area contributed by atoms with Crippen LogP contribution in [0.15, 0.2) is 22.5 Å². The zero-order valence-electron chi connectivity index (χ0n) is 13.4. The molecular formula is C15H28IN3OS.